The molecule has 4 nitrogen and oxygen atoms in total. The quantitative estimate of drug-likeness (QED) is 0.843. The molecule has 2 rings (SSSR count). The first kappa shape index (κ1) is 10.9. The predicted octanol–water partition coefficient (Wildman–Crippen LogP) is 1.50. The highest BCUT2D eigenvalue weighted by Gasteiger charge is 2.20. The predicted molar refractivity (Wildman–Crippen MR) is 61.3 cm³/mol. The number of hydrogen-bond acceptors (Lipinski definition) is 4. The third-order valence-electron chi connectivity index (χ3n) is 2.48. The molecule has 0 fully saturated rings. The van der Waals surface area contributed by atoms with E-state index >= 15 is 0 Å². The molecule has 82 valence electrons. The van der Waals surface area contributed by atoms with Gasteiger partial charge in [0.25, 0.3) is 0 Å². The second kappa shape index (κ2) is 4.52. The zero-order valence-corrected chi connectivity index (χ0v) is 9.57. The van der Waals surface area contributed by atoms with Crippen molar-refractivity contribution < 1.29 is 0 Å². The Hall–Kier alpha value is -1.57. The van der Waals surface area contributed by atoms with E-state index in [4.69, 9.17) is 16.9 Å². The van der Waals surface area contributed by atoms with Crippen LogP contribution in [0.2, 0.25) is 5.02 Å². The molecule has 0 saturated heterocycles. The van der Waals surface area contributed by atoms with E-state index in [0.29, 0.717) is 10.7 Å². The van der Waals surface area contributed by atoms with Crippen molar-refractivity contribution in [2.24, 2.45) is 0 Å². The van der Waals surface area contributed by atoms with Gasteiger partial charge in [0.2, 0.25) is 0 Å². The summed E-state index contributed by atoms with van der Waals surface area (Å²) in [6.45, 7) is 0. The average Bonchev–Trinajstić information content (AvgIpc) is 2.62. The molecule has 1 aromatic heterocycles. The molecule has 1 aromatic rings. The molecule has 0 aliphatic carbocycles. The lowest BCUT2D eigenvalue weighted by molar-refractivity contribution is 0.316. The van der Waals surface area contributed by atoms with Gasteiger partial charge < -0.3 is 5.01 Å². The fraction of sp³-hybridized carbons (Fsp3) is 0.273. The lowest BCUT2D eigenvalue weighted by Gasteiger charge is -2.15. The summed E-state index contributed by atoms with van der Waals surface area (Å²) in [6.07, 6.45) is 6.03. The van der Waals surface area contributed by atoms with Gasteiger partial charge >= 0.3 is 0 Å². The van der Waals surface area contributed by atoms with Gasteiger partial charge in [0, 0.05) is 24.5 Å². The minimum absolute atomic E-state index is 0.0985. The van der Waals surface area contributed by atoms with Crippen LogP contribution in [0.3, 0.4) is 0 Å². The molecule has 1 unspecified atom stereocenters. The molecule has 0 saturated carbocycles. The Kier molecular flexibility index (Phi) is 3.09. The SMILES string of the molecule is CN1NC(Cc2cnccc2Cl)C=C1C#N. The number of allylic oxidation sites excluding steroid dienone is 1. The van der Waals surface area contributed by atoms with Crippen LogP contribution in [-0.2, 0) is 6.42 Å². The Morgan fingerprint density at radius 2 is 2.50 bits per heavy atom. The molecule has 0 bridgehead atoms. The lowest BCUT2D eigenvalue weighted by atomic mass is 10.1. The Labute approximate surface area is 99.1 Å². The molecule has 5 heteroatoms. The van der Waals surface area contributed by atoms with Crippen molar-refractivity contribution in [3.63, 3.8) is 0 Å². The van der Waals surface area contributed by atoms with Gasteiger partial charge in [-0.3, -0.25) is 4.98 Å². The third kappa shape index (κ3) is 2.16. The molecule has 1 aliphatic rings. The van der Waals surface area contributed by atoms with E-state index in [1.54, 1.807) is 23.5 Å². The first-order valence-corrected chi connectivity index (χ1v) is 5.28. The molecule has 0 amide bonds. The number of halogens is 1. The van der Waals surface area contributed by atoms with Crippen LogP contribution in [0, 0.1) is 11.3 Å². The first-order chi connectivity index (χ1) is 7.70. The summed E-state index contributed by atoms with van der Waals surface area (Å²) in [7, 11) is 1.82. The zero-order valence-electron chi connectivity index (χ0n) is 8.81. The monoisotopic (exact) mass is 234 g/mol. The van der Waals surface area contributed by atoms with Crippen LogP contribution in [0.1, 0.15) is 5.56 Å². The maximum atomic E-state index is 8.84. The van der Waals surface area contributed by atoms with Crippen LogP contribution in [-0.4, -0.2) is 23.1 Å². The van der Waals surface area contributed by atoms with Crippen LogP contribution in [0.15, 0.2) is 30.2 Å². The lowest BCUT2D eigenvalue weighted by Crippen LogP contribution is -2.35. The maximum Gasteiger partial charge on any atom is 0.127 e. The number of pyridine rings is 1. The highest BCUT2D eigenvalue weighted by Crippen LogP contribution is 2.18. The number of aromatic nitrogens is 1. The van der Waals surface area contributed by atoms with Crippen molar-refractivity contribution in [2.75, 3.05) is 7.05 Å². The maximum absolute atomic E-state index is 8.84. The van der Waals surface area contributed by atoms with Crippen molar-refractivity contribution in [1.29, 1.82) is 5.26 Å². The number of hydrogen-bond donors (Lipinski definition) is 1. The molecule has 0 spiro atoms. The largest absolute Gasteiger partial charge is 0.302 e. The van der Waals surface area contributed by atoms with Gasteiger partial charge in [-0.2, -0.15) is 5.26 Å². The van der Waals surface area contributed by atoms with Crippen molar-refractivity contribution >= 4 is 11.6 Å². The smallest absolute Gasteiger partial charge is 0.127 e. The Bertz CT molecular complexity index is 463. The minimum Gasteiger partial charge on any atom is -0.302 e. The third-order valence-corrected chi connectivity index (χ3v) is 2.85. The molecule has 2 heterocycles. The molecule has 0 radical (unpaired) electrons. The Balaban J connectivity index is 2.11. The summed E-state index contributed by atoms with van der Waals surface area (Å²) in [4.78, 5) is 4.03. The summed E-state index contributed by atoms with van der Waals surface area (Å²) in [5.74, 6) is 0. The van der Waals surface area contributed by atoms with Gasteiger partial charge in [0.1, 0.15) is 11.8 Å². The topological polar surface area (TPSA) is 52.0 Å². The summed E-state index contributed by atoms with van der Waals surface area (Å²) >= 11 is 6.04. The number of nitrogens with one attached hydrogen (secondary N) is 1. The number of nitriles is 1. The normalized spacial score (nSPS) is 19.4. The summed E-state index contributed by atoms with van der Waals surface area (Å²) < 4.78 is 0. The second-order valence-corrected chi connectivity index (χ2v) is 4.04. The minimum atomic E-state index is 0.0985. The van der Waals surface area contributed by atoms with E-state index in [9.17, 15) is 0 Å². The summed E-state index contributed by atoms with van der Waals surface area (Å²) in [5, 5.41) is 11.3. The Morgan fingerprint density at radius 3 is 3.12 bits per heavy atom. The van der Waals surface area contributed by atoms with E-state index in [0.717, 1.165) is 12.0 Å². The Morgan fingerprint density at radius 1 is 1.69 bits per heavy atom. The standard InChI is InChI=1S/C11H11ClN4/c1-16-10(6-13)5-9(15-16)4-8-7-14-3-2-11(8)12/h2-3,5,7,9,15H,4H2,1H3. The fourth-order valence-corrected chi connectivity index (χ4v) is 1.85. The highest BCUT2D eigenvalue weighted by molar-refractivity contribution is 6.31. The van der Waals surface area contributed by atoms with Gasteiger partial charge in [0.15, 0.2) is 0 Å². The summed E-state index contributed by atoms with van der Waals surface area (Å²) in [6, 6.07) is 3.99. The molecule has 16 heavy (non-hydrogen) atoms. The van der Waals surface area contributed by atoms with Crippen LogP contribution >= 0.6 is 11.6 Å². The van der Waals surface area contributed by atoms with Gasteiger partial charge in [-0.05, 0) is 24.1 Å². The van der Waals surface area contributed by atoms with Crippen LogP contribution in [0.4, 0.5) is 0 Å². The first-order valence-electron chi connectivity index (χ1n) is 4.91. The number of hydrazine groups is 1. The van der Waals surface area contributed by atoms with Gasteiger partial charge in [-0.15, -0.1) is 0 Å². The average molecular weight is 235 g/mol. The summed E-state index contributed by atoms with van der Waals surface area (Å²) in [5.41, 5.74) is 4.77. The van der Waals surface area contributed by atoms with Crippen LogP contribution < -0.4 is 5.43 Å². The molecule has 1 atom stereocenters. The molecule has 1 N–H and O–H groups in total. The molecular formula is C11H11ClN4. The van der Waals surface area contributed by atoms with Crippen molar-refractivity contribution in [3.05, 3.63) is 40.8 Å². The van der Waals surface area contributed by atoms with Crippen LogP contribution in [0.5, 0.6) is 0 Å². The van der Waals surface area contributed by atoms with E-state index in [1.807, 2.05) is 13.1 Å². The van der Waals surface area contributed by atoms with Gasteiger partial charge in [0.05, 0.1) is 6.04 Å². The van der Waals surface area contributed by atoms with Gasteiger partial charge in [-0.1, -0.05) is 11.6 Å². The second-order valence-electron chi connectivity index (χ2n) is 3.63. The van der Waals surface area contributed by atoms with E-state index in [-0.39, 0.29) is 6.04 Å². The highest BCUT2D eigenvalue weighted by atomic mass is 35.5. The van der Waals surface area contributed by atoms with Crippen molar-refractivity contribution in [2.45, 2.75) is 12.5 Å². The molecule has 1 aliphatic heterocycles. The van der Waals surface area contributed by atoms with E-state index < -0.39 is 0 Å². The van der Waals surface area contributed by atoms with E-state index in [1.165, 1.54) is 0 Å². The van der Waals surface area contributed by atoms with Crippen molar-refractivity contribution in [3.8, 4) is 6.07 Å². The molecule has 0 aromatic carbocycles. The zero-order chi connectivity index (χ0) is 11.5. The molecular weight excluding hydrogens is 224 g/mol. The van der Waals surface area contributed by atoms with E-state index in [2.05, 4.69) is 16.5 Å². The van der Waals surface area contributed by atoms with Crippen molar-refractivity contribution in [1.82, 2.24) is 15.4 Å². The number of nitrogens with zero attached hydrogens (tertiary/aromatic N) is 3. The van der Waals surface area contributed by atoms with Crippen LogP contribution in [0.25, 0.3) is 0 Å². The number of rotatable bonds is 2. The fourth-order valence-electron chi connectivity index (χ4n) is 1.67. The van der Waals surface area contributed by atoms with Gasteiger partial charge in [-0.25, -0.2) is 5.43 Å².